The molecule has 0 heterocycles. The van der Waals surface area contributed by atoms with E-state index >= 15 is 0 Å². The van der Waals surface area contributed by atoms with Crippen molar-refractivity contribution in [1.29, 1.82) is 0 Å². The maximum absolute atomic E-state index is 5.49. The number of anilines is 1. The van der Waals surface area contributed by atoms with Gasteiger partial charge in [-0.1, -0.05) is 19.1 Å². The molecule has 1 aromatic carbocycles. The van der Waals surface area contributed by atoms with Crippen molar-refractivity contribution in [3.63, 3.8) is 0 Å². The summed E-state index contributed by atoms with van der Waals surface area (Å²) in [4.78, 5) is 0. The summed E-state index contributed by atoms with van der Waals surface area (Å²) in [5, 5.41) is 3.27. The molecule has 0 saturated heterocycles. The Labute approximate surface area is 92.0 Å². The molecule has 0 aliphatic rings. The fourth-order valence-electron chi connectivity index (χ4n) is 1.14. The van der Waals surface area contributed by atoms with E-state index in [1.807, 2.05) is 31.2 Å². The van der Waals surface area contributed by atoms with E-state index in [-0.39, 0.29) is 0 Å². The molecule has 15 heavy (non-hydrogen) atoms. The van der Waals surface area contributed by atoms with Gasteiger partial charge in [-0.3, -0.25) is 0 Å². The fraction of sp³-hybridized carbons (Fsp3) is 0.385. The molecule has 0 fully saturated rings. The van der Waals surface area contributed by atoms with Crippen LogP contribution in [0, 0.1) is 0 Å². The second-order valence-electron chi connectivity index (χ2n) is 3.68. The Kier molecular flexibility index (Phi) is 4.75. The van der Waals surface area contributed by atoms with Crippen molar-refractivity contribution < 1.29 is 4.74 Å². The summed E-state index contributed by atoms with van der Waals surface area (Å²) < 4.78 is 5.49. The number of ether oxygens (including phenoxy) is 1. The molecule has 0 unspecified atom stereocenters. The average molecular weight is 205 g/mol. The molecule has 0 radical (unpaired) electrons. The SMILES string of the molecule is C=C(C)CNc1ccc(OCCC)cc1. The predicted molar refractivity (Wildman–Crippen MR) is 65.5 cm³/mol. The third-order valence-corrected chi connectivity index (χ3v) is 1.92. The molecule has 1 N–H and O–H groups in total. The zero-order valence-corrected chi connectivity index (χ0v) is 9.55. The van der Waals surface area contributed by atoms with E-state index in [1.165, 1.54) is 0 Å². The first-order chi connectivity index (χ1) is 7.22. The molecule has 0 aliphatic heterocycles. The van der Waals surface area contributed by atoms with Crippen LogP contribution in [0.15, 0.2) is 36.4 Å². The summed E-state index contributed by atoms with van der Waals surface area (Å²) in [7, 11) is 0. The van der Waals surface area contributed by atoms with Gasteiger partial charge in [0.2, 0.25) is 0 Å². The van der Waals surface area contributed by atoms with Gasteiger partial charge in [0.25, 0.3) is 0 Å². The van der Waals surface area contributed by atoms with Crippen molar-refractivity contribution >= 4 is 5.69 Å². The van der Waals surface area contributed by atoms with E-state index in [1.54, 1.807) is 0 Å². The lowest BCUT2D eigenvalue weighted by molar-refractivity contribution is 0.317. The minimum absolute atomic E-state index is 0.776. The van der Waals surface area contributed by atoms with E-state index < -0.39 is 0 Å². The summed E-state index contributed by atoms with van der Waals surface area (Å²) in [6.07, 6.45) is 1.04. The number of rotatable bonds is 6. The third-order valence-electron chi connectivity index (χ3n) is 1.92. The monoisotopic (exact) mass is 205 g/mol. The highest BCUT2D eigenvalue weighted by Gasteiger charge is 1.94. The molecule has 2 nitrogen and oxygen atoms in total. The second kappa shape index (κ2) is 6.12. The molecular weight excluding hydrogens is 186 g/mol. The maximum Gasteiger partial charge on any atom is 0.119 e. The molecule has 0 atom stereocenters. The highest BCUT2D eigenvalue weighted by molar-refractivity contribution is 5.47. The van der Waals surface area contributed by atoms with Gasteiger partial charge in [-0.2, -0.15) is 0 Å². The summed E-state index contributed by atoms with van der Waals surface area (Å²) in [6.45, 7) is 9.54. The Hall–Kier alpha value is -1.44. The van der Waals surface area contributed by atoms with Crippen LogP contribution in [0.2, 0.25) is 0 Å². The van der Waals surface area contributed by atoms with Crippen LogP contribution < -0.4 is 10.1 Å². The maximum atomic E-state index is 5.49. The smallest absolute Gasteiger partial charge is 0.119 e. The van der Waals surface area contributed by atoms with Gasteiger partial charge in [-0.15, -0.1) is 0 Å². The van der Waals surface area contributed by atoms with Gasteiger partial charge >= 0.3 is 0 Å². The van der Waals surface area contributed by atoms with Gasteiger partial charge in [0.05, 0.1) is 6.61 Å². The molecular formula is C13H19NO. The molecule has 0 spiro atoms. The highest BCUT2D eigenvalue weighted by Crippen LogP contribution is 2.15. The lowest BCUT2D eigenvalue weighted by atomic mass is 10.3. The first kappa shape index (κ1) is 11.6. The predicted octanol–water partition coefficient (Wildman–Crippen LogP) is 3.46. The molecule has 82 valence electrons. The zero-order valence-electron chi connectivity index (χ0n) is 9.55. The van der Waals surface area contributed by atoms with E-state index in [2.05, 4.69) is 18.8 Å². The van der Waals surface area contributed by atoms with Gasteiger partial charge in [-0.25, -0.2) is 0 Å². The zero-order chi connectivity index (χ0) is 11.1. The molecule has 0 bridgehead atoms. The summed E-state index contributed by atoms with van der Waals surface area (Å²) in [6, 6.07) is 8.01. The van der Waals surface area contributed by atoms with Gasteiger partial charge in [0, 0.05) is 12.2 Å². The minimum atomic E-state index is 0.776. The van der Waals surface area contributed by atoms with Crippen molar-refractivity contribution in [2.45, 2.75) is 20.3 Å². The summed E-state index contributed by atoms with van der Waals surface area (Å²) in [5.41, 5.74) is 2.23. The van der Waals surface area contributed by atoms with Crippen LogP contribution in [0.25, 0.3) is 0 Å². The molecule has 2 heteroatoms. The molecule has 1 aromatic rings. The normalized spacial score (nSPS) is 9.73. The van der Waals surface area contributed by atoms with Crippen LogP contribution >= 0.6 is 0 Å². The van der Waals surface area contributed by atoms with Crippen LogP contribution in [0.1, 0.15) is 20.3 Å². The molecule has 0 amide bonds. The van der Waals surface area contributed by atoms with Crippen molar-refractivity contribution in [1.82, 2.24) is 0 Å². The molecule has 0 aromatic heterocycles. The second-order valence-corrected chi connectivity index (χ2v) is 3.68. The Morgan fingerprint density at radius 3 is 2.53 bits per heavy atom. The van der Waals surface area contributed by atoms with Gasteiger partial charge in [0.1, 0.15) is 5.75 Å². The van der Waals surface area contributed by atoms with Gasteiger partial charge in [-0.05, 0) is 37.6 Å². The van der Waals surface area contributed by atoms with Crippen molar-refractivity contribution in [2.75, 3.05) is 18.5 Å². The first-order valence-electron chi connectivity index (χ1n) is 5.33. The summed E-state index contributed by atoms with van der Waals surface area (Å²) in [5.74, 6) is 0.928. The van der Waals surface area contributed by atoms with Crippen molar-refractivity contribution in [3.05, 3.63) is 36.4 Å². The molecule has 1 rings (SSSR count). The van der Waals surface area contributed by atoms with Crippen LogP contribution in [0.4, 0.5) is 5.69 Å². The molecule has 0 aliphatic carbocycles. The highest BCUT2D eigenvalue weighted by atomic mass is 16.5. The van der Waals surface area contributed by atoms with Gasteiger partial charge in [0.15, 0.2) is 0 Å². The van der Waals surface area contributed by atoms with Crippen LogP contribution in [-0.2, 0) is 0 Å². The van der Waals surface area contributed by atoms with E-state index in [4.69, 9.17) is 4.74 Å². The number of hydrogen-bond acceptors (Lipinski definition) is 2. The number of benzene rings is 1. The van der Waals surface area contributed by atoms with E-state index in [0.29, 0.717) is 0 Å². The quantitative estimate of drug-likeness (QED) is 0.718. The first-order valence-corrected chi connectivity index (χ1v) is 5.33. The Bertz CT molecular complexity index is 303. The lowest BCUT2D eigenvalue weighted by Gasteiger charge is -2.08. The average Bonchev–Trinajstić information content (AvgIpc) is 2.25. The summed E-state index contributed by atoms with van der Waals surface area (Å²) >= 11 is 0. The topological polar surface area (TPSA) is 21.3 Å². The van der Waals surface area contributed by atoms with E-state index in [0.717, 1.165) is 36.6 Å². The number of hydrogen-bond donors (Lipinski definition) is 1. The van der Waals surface area contributed by atoms with Crippen molar-refractivity contribution in [3.8, 4) is 5.75 Å². The van der Waals surface area contributed by atoms with Crippen LogP contribution in [0.3, 0.4) is 0 Å². The van der Waals surface area contributed by atoms with Crippen LogP contribution in [0.5, 0.6) is 5.75 Å². The number of nitrogens with one attached hydrogen (secondary N) is 1. The fourth-order valence-corrected chi connectivity index (χ4v) is 1.14. The lowest BCUT2D eigenvalue weighted by Crippen LogP contribution is -2.01. The van der Waals surface area contributed by atoms with E-state index in [9.17, 15) is 0 Å². The van der Waals surface area contributed by atoms with Crippen LogP contribution in [-0.4, -0.2) is 13.2 Å². The molecule has 0 saturated carbocycles. The third kappa shape index (κ3) is 4.54. The standard InChI is InChI=1S/C13H19NO/c1-4-9-15-13-7-5-12(6-8-13)14-10-11(2)3/h5-8,14H,2,4,9-10H2,1,3H3. The largest absolute Gasteiger partial charge is 0.494 e. The Balaban J connectivity index is 2.45. The Morgan fingerprint density at radius 1 is 1.33 bits per heavy atom. The van der Waals surface area contributed by atoms with Gasteiger partial charge < -0.3 is 10.1 Å². The minimum Gasteiger partial charge on any atom is -0.494 e. The van der Waals surface area contributed by atoms with Crippen molar-refractivity contribution in [2.24, 2.45) is 0 Å². The Morgan fingerprint density at radius 2 is 2.00 bits per heavy atom.